The molecule has 5 heteroatoms. The predicted molar refractivity (Wildman–Crippen MR) is 69.6 cm³/mol. The summed E-state index contributed by atoms with van der Waals surface area (Å²) in [6.07, 6.45) is 9.05. The number of aromatic amines is 1. The van der Waals surface area contributed by atoms with Crippen LogP contribution in [0.4, 0.5) is 0 Å². The molecule has 2 rings (SSSR count). The fourth-order valence-corrected chi connectivity index (χ4v) is 8.03. The molecular formula is C13H17Cl2NSiZr. The maximum absolute atomic E-state index is 3.47. The van der Waals surface area contributed by atoms with Crippen molar-refractivity contribution in [3.63, 3.8) is 0 Å². The third-order valence-electron chi connectivity index (χ3n) is 3.01. The van der Waals surface area contributed by atoms with Crippen LogP contribution in [-0.4, -0.2) is 18.6 Å². The molecule has 0 saturated carbocycles. The van der Waals surface area contributed by atoms with Gasteiger partial charge in [0.05, 0.1) is 0 Å². The van der Waals surface area contributed by atoms with Crippen molar-refractivity contribution in [3.8, 4) is 0 Å². The van der Waals surface area contributed by atoms with Crippen molar-refractivity contribution < 1.29 is 48.0 Å². The fourth-order valence-electron chi connectivity index (χ4n) is 1.82. The van der Waals surface area contributed by atoms with Crippen molar-refractivity contribution in [2.75, 3.05) is 0 Å². The Labute approximate surface area is 135 Å². The summed E-state index contributed by atoms with van der Waals surface area (Å²) in [5.74, 6) is 0. The summed E-state index contributed by atoms with van der Waals surface area (Å²) in [4.78, 5) is 3.47. The van der Waals surface area contributed by atoms with E-state index in [0.717, 1.165) is 0 Å². The van der Waals surface area contributed by atoms with E-state index in [1.807, 2.05) is 0 Å². The number of nitrogens with one attached hydrogen (secondary N) is 1. The van der Waals surface area contributed by atoms with E-state index in [2.05, 4.69) is 56.4 Å². The molecular weight excluding hydrogens is 360 g/mol. The van der Waals surface area contributed by atoms with Gasteiger partial charge in [-0.3, -0.25) is 0 Å². The van der Waals surface area contributed by atoms with Crippen LogP contribution in [0.25, 0.3) is 0 Å². The van der Waals surface area contributed by atoms with Crippen LogP contribution >= 0.6 is 0 Å². The second-order valence-corrected chi connectivity index (χ2v) is 10.2. The zero-order valence-electron chi connectivity index (χ0n) is 11.1. The Morgan fingerprint density at radius 2 is 1.83 bits per heavy atom. The number of rotatable bonds is 2. The van der Waals surface area contributed by atoms with Crippen LogP contribution in [0, 0.1) is 13.8 Å². The summed E-state index contributed by atoms with van der Waals surface area (Å²) < 4.78 is 3.21. The Bertz CT molecular complexity index is 511. The van der Waals surface area contributed by atoms with E-state index < -0.39 is 23.2 Å². The van der Waals surface area contributed by atoms with Gasteiger partial charge in [-0.25, -0.2) is 0 Å². The number of hydrogen-bond donors (Lipinski definition) is 1. The zero-order chi connectivity index (χ0) is 11.7. The van der Waals surface area contributed by atoms with E-state index in [1.165, 1.54) is 14.5 Å². The van der Waals surface area contributed by atoms with Gasteiger partial charge in [0.2, 0.25) is 0 Å². The number of halogens is 2. The predicted octanol–water partition coefficient (Wildman–Crippen LogP) is -3.69. The minimum atomic E-state index is -0.605. The molecule has 0 atom stereocenters. The molecule has 1 aromatic heterocycles. The summed E-state index contributed by atoms with van der Waals surface area (Å²) in [7, 11) is -0.295. The summed E-state index contributed by atoms with van der Waals surface area (Å²) in [5, 5.41) is 1.66. The molecule has 0 amide bonds. The van der Waals surface area contributed by atoms with E-state index in [0.29, 0.717) is 0 Å². The van der Waals surface area contributed by atoms with Crippen LogP contribution in [-0.2, 0) is 23.2 Å². The van der Waals surface area contributed by atoms with Crippen LogP contribution < -0.4 is 28.2 Å². The summed E-state index contributed by atoms with van der Waals surface area (Å²) >= 11 is -0.605. The summed E-state index contributed by atoms with van der Waals surface area (Å²) in [6.45, 7) is 9.20. The maximum Gasteiger partial charge on any atom is -1.00 e. The van der Waals surface area contributed by atoms with E-state index in [4.69, 9.17) is 0 Å². The van der Waals surface area contributed by atoms with Gasteiger partial charge >= 0.3 is 111 Å². The molecule has 1 aliphatic carbocycles. The first-order valence-corrected chi connectivity index (χ1v) is 10.5. The standard InChI is InChI=1S/C7H9Si.C6H8N.2ClH.Zr/c1-8(2)7-5-3-4-6-7;1-5-3-7-4-6(5)2;;;/h3-5H,1-2H3;3,7H,1-2H3;2*1H;/q;;;;+2/p-2. The van der Waals surface area contributed by atoms with Gasteiger partial charge in [-0.1, -0.05) is 0 Å². The average Bonchev–Trinajstić information content (AvgIpc) is 2.80. The van der Waals surface area contributed by atoms with Crippen LogP contribution in [0.3, 0.4) is 0 Å². The average molecular weight is 378 g/mol. The van der Waals surface area contributed by atoms with Crippen LogP contribution in [0.15, 0.2) is 27.7 Å². The molecule has 0 spiro atoms. The van der Waals surface area contributed by atoms with Gasteiger partial charge in [0.1, 0.15) is 0 Å². The van der Waals surface area contributed by atoms with Crippen molar-refractivity contribution >= 4 is 17.0 Å². The Balaban J connectivity index is 0.00000144. The number of allylic oxidation sites excluding steroid dienone is 4. The molecule has 18 heavy (non-hydrogen) atoms. The number of aryl methyl sites for hydroxylation is 1. The molecule has 0 radical (unpaired) electrons. The third-order valence-corrected chi connectivity index (χ3v) is 8.77. The molecule has 1 heterocycles. The first kappa shape index (κ1) is 18.3. The normalized spacial score (nSPS) is 12.4. The Morgan fingerprint density at radius 3 is 2.33 bits per heavy atom. The van der Waals surface area contributed by atoms with Gasteiger partial charge in [-0.15, -0.1) is 0 Å². The smallest absolute Gasteiger partial charge is 1.00 e. The Kier molecular flexibility index (Phi) is 7.93. The first-order chi connectivity index (χ1) is 7.59. The van der Waals surface area contributed by atoms with Crippen molar-refractivity contribution in [2.45, 2.75) is 26.9 Å². The van der Waals surface area contributed by atoms with Gasteiger partial charge in [-0.2, -0.15) is 0 Å². The summed E-state index contributed by atoms with van der Waals surface area (Å²) in [6, 6.07) is 0. The topological polar surface area (TPSA) is 15.8 Å². The molecule has 96 valence electrons. The van der Waals surface area contributed by atoms with Crippen molar-refractivity contribution in [2.24, 2.45) is 0 Å². The largest absolute Gasteiger partial charge is 1.00 e. The monoisotopic (exact) mass is 375 g/mol. The third kappa shape index (κ3) is 3.90. The minimum Gasteiger partial charge on any atom is -1.00 e. The van der Waals surface area contributed by atoms with Gasteiger partial charge in [0, 0.05) is 0 Å². The maximum atomic E-state index is 3.47. The van der Waals surface area contributed by atoms with Gasteiger partial charge in [-0.05, 0) is 0 Å². The van der Waals surface area contributed by atoms with Crippen molar-refractivity contribution in [1.82, 2.24) is 4.98 Å². The molecule has 0 bridgehead atoms. The molecule has 0 aliphatic heterocycles. The van der Waals surface area contributed by atoms with Gasteiger partial charge < -0.3 is 24.8 Å². The van der Waals surface area contributed by atoms with Crippen molar-refractivity contribution in [3.05, 3.63) is 38.8 Å². The molecule has 1 aliphatic rings. The molecule has 0 saturated heterocycles. The van der Waals surface area contributed by atoms with E-state index in [1.54, 1.807) is 8.45 Å². The number of H-pyrrole nitrogens is 1. The molecule has 0 aromatic carbocycles. The van der Waals surface area contributed by atoms with E-state index >= 15 is 0 Å². The SMILES string of the molecule is Cc1c[nH][c]([Zr+2][C]2=CC=CC2=[Si](C)C)c1C.[Cl-].[Cl-]. The quantitative estimate of drug-likeness (QED) is 0.511. The van der Waals surface area contributed by atoms with Crippen molar-refractivity contribution in [1.29, 1.82) is 0 Å². The second-order valence-electron chi connectivity index (χ2n) is 4.45. The van der Waals surface area contributed by atoms with Crippen LogP contribution in [0.5, 0.6) is 0 Å². The number of hydrogen-bond acceptors (Lipinski definition) is 0. The zero-order valence-corrected chi connectivity index (χ0v) is 16.0. The van der Waals surface area contributed by atoms with Crippen LogP contribution in [0.1, 0.15) is 11.1 Å². The fraction of sp³-hybridized carbons (Fsp3) is 0.308. The molecule has 1 aromatic rings. The molecule has 1 N–H and O–H groups in total. The van der Waals surface area contributed by atoms with Gasteiger partial charge in [0.15, 0.2) is 0 Å². The molecule has 0 fully saturated rings. The Hall–Kier alpha value is 0.310. The number of aromatic nitrogens is 1. The van der Waals surface area contributed by atoms with Crippen LogP contribution in [0.2, 0.25) is 13.1 Å². The molecule has 0 unspecified atom stereocenters. The molecule has 1 nitrogen and oxygen atoms in total. The van der Waals surface area contributed by atoms with Gasteiger partial charge in [0.25, 0.3) is 0 Å². The summed E-state index contributed by atoms with van der Waals surface area (Å²) in [5.41, 5.74) is 2.89. The minimum absolute atomic E-state index is 0. The first-order valence-electron chi connectivity index (χ1n) is 5.57. The van der Waals surface area contributed by atoms with E-state index in [9.17, 15) is 0 Å². The second kappa shape index (κ2) is 7.79. The van der Waals surface area contributed by atoms with E-state index in [-0.39, 0.29) is 33.2 Å². The Morgan fingerprint density at radius 1 is 1.17 bits per heavy atom.